The number of rotatable bonds is 2. The van der Waals surface area contributed by atoms with Crippen LogP contribution >= 0.6 is 0 Å². The van der Waals surface area contributed by atoms with Crippen molar-refractivity contribution >= 4 is 5.91 Å². The largest absolute Gasteiger partial charge is 0.393 e. The summed E-state index contributed by atoms with van der Waals surface area (Å²) in [6, 6.07) is 12.4. The molecule has 1 aliphatic carbocycles. The fraction of sp³-hybridized carbons (Fsp3) is 0.579. The van der Waals surface area contributed by atoms with Crippen LogP contribution in [-0.4, -0.2) is 35.1 Å². The van der Waals surface area contributed by atoms with Crippen molar-refractivity contribution in [3.8, 4) is 6.07 Å². The van der Waals surface area contributed by atoms with Crippen LogP contribution in [0.1, 0.15) is 44.1 Å². The molecule has 122 valence electrons. The van der Waals surface area contributed by atoms with Crippen molar-refractivity contribution in [3.63, 3.8) is 0 Å². The lowest BCUT2D eigenvalue weighted by molar-refractivity contribution is -0.139. The molecule has 23 heavy (non-hydrogen) atoms. The highest BCUT2D eigenvalue weighted by Gasteiger charge is 2.39. The highest BCUT2D eigenvalue weighted by atomic mass is 16.3. The van der Waals surface area contributed by atoms with E-state index in [0.29, 0.717) is 32.4 Å². The second-order valence-electron chi connectivity index (χ2n) is 6.90. The van der Waals surface area contributed by atoms with Gasteiger partial charge in [-0.25, -0.2) is 0 Å². The van der Waals surface area contributed by atoms with E-state index in [1.807, 2.05) is 35.2 Å². The van der Waals surface area contributed by atoms with Crippen molar-refractivity contribution in [1.82, 2.24) is 4.90 Å². The molecular formula is C19H24N2O2. The van der Waals surface area contributed by atoms with Gasteiger partial charge in [-0.05, 0) is 37.7 Å². The van der Waals surface area contributed by atoms with E-state index in [4.69, 9.17) is 0 Å². The molecule has 2 aliphatic rings. The molecule has 1 aromatic rings. The van der Waals surface area contributed by atoms with Crippen molar-refractivity contribution in [1.29, 1.82) is 5.26 Å². The molecule has 0 spiro atoms. The zero-order valence-corrected chi connectivity index (χ0v) is 13.4. The lowest BCUT2D eigenvalue weighted by atomic mass is 9.73. The van der Waals surface area contributed by atoms with Gasteiger partial charge in [0.2, 0.25) is 5.91 Å². The summed E-state index contributed by atoms with van der Waals surface area (Å²) in [7, 11) is 0. The average Bonchev–Trinajstić information content (AvgIpc) is 2.62. The Balaban J connectivity index is 1.66. The minimum atomic E-state index is -0.468. The Morgan fingerprint density at radius 2 is 1.91 bits per heavy atom. The van der Waals surface area contributed by atoms with Gasteiger partial charge >= 0.3 is 0 Å². The Morgan fingerprint density at radius 3 is 2.52 bits per heavy atom. The summed E-state index contributed by atoms with van der Waals surface area (Å²) in [5.41, 5.74) is 0.590. The molecule has 1 heterocycles. The third kappa shape index (κ3) is 3.25. The molecule has 0 unspecified atom stereocenters. The van der Waals surface area contributed by atoms with Gasteiger partial charge in [0.1, 0.15) is 0 Å². The van der Waals surface area contributed by atoms with Crippen LogP contribution in [-0.2, 0) is 10.2 Å². The Kier molecular flexibility index (Phi) is 4.68. The molecule has 4 nitrogen and oxygen atoms in total. The van der Waals surface area contributed by atoms with E-state index < -0.39 is 5.41 Å². The summed E-state index contributed by atoms with van der Waals surface area (Å²) in [4.78, 5) is 14.6. The van der Waals surface area contributed by atoms with Gasteiger partial charge in [0.05, 0.1) is 17.6 Å². The number of nitriles is 1. The molecule has 4 heteroatoms. The lowest BCUT2D eigenvalue weighted by Crippen LogP contribution is -2.47. The van der Waals surface area contributed by atoms with E-state index in [0.717, 1.165) is 24.8 Å². The summed E-state index contributed by atoms with van der Waals surface area (Å²) in [5.74, 6) is 0.133. The number of likely N-dealkylation sites (tertiary alicyclic amines) is 1. The summed E-state index contributed by atoms with van der Waals surface area (Å²) in [6.07, 6.45) is 4.27. The molecule has 1 N–H and O–H groups in total. The Morgan fingerprint density at radius 1 is 1.22 bits per heavy atom. The number of aliphatic hydroxyl groups is 1. The summed E-state index contributed by atoms with van der Waals surface area (Å²) < 4.78 is 0. The number of aliphatic hydroxyl groups excluding tert-OH is 1. The van der Waals surface area contributed by atoms with E-state index >= 15 is 0 Å². The fourth-order valence-electron chi connectivity index (χ4n) is 3.98. The maximum Gasteiger partial charge on any atom is 0.225 e. The first-order valence-corrected chi connectivity index (χ1v) is 8.58. The van der Waals surface area contributed by atoms with Gasteiger partial charge in [0, 0.05) is 19.0 Å². The van der Waals surface area contributed by atoms with Crippen molar-refractivity contribution in [2.24, 2.45) is 5.92 Å². The molecule has 0 radical (unpaired) electrons. The van der Waals surface area contributed by atoms with Gasteiger partial charge in [-0.1, -0.05) is 36.8 Å². The lowest BCUT2D eigenvalue weighted by Gasteiger charge is -2.39. The molecule has 0 aromatic heterocycles. The SMILES string of the molecule is N#CC1(c2ccccc2)CCN(C(=O)[C@@H]2CCC[C@H](O)C2)CC1. The number of hydrogen-bond acceptors (Lipinski definition) is 3. The Bertz CT molecular complexity index is 585. The third-order valence-corrected chi connectivity index (χ3v) is 5.46. The van der Waals surface area contributed by atoms with Gasteiger partial charge in [0.25, 0.3) is 0 Å². The van der Waals surface area contributed by atoms with E-state index in [-0.39, 0.29) is 17.9 Å². The minimum absolute atomic E-state index is 0.0370. The normalized spacial score (nSPS) is 27.2. The number of benzene rings is 1. The number of hydrogen-bond donors (Lipinski definition) is 1. The van der Waals surface area contributed by atoms with Crippen molar-refractivity contribution in [2.75, 3.05) is 13.1 Å². The molecule has 3 rings (SSSR count). The first-order valence-electron chi connectivity index (χ1n) is 8.58. The highest BCUT2D eigenvalue weighted by Crippen LogP contribution is 2.36. The molecule has 2 atom stereocenters. The predicted molar refractivity (Wildman–Crippen MR) is 87.5 cm³/mol. The predicted octanol–water partition coefficient (Wildman–Crippen LogP) is 2.62. The van der Waals surface area contributed by atoms with Gasteiger partial charge < -0.3 is 10.0 Å². The fourth-order valence-corrected chi connectivity index (χ4v) is 3.98. The first-order chi connectivity index (χ1) is 11.1. The molecule has 2 fully saturated rings. The van der Waals surface area contributed by atoms with Crippen LogP contribution in [0.4, 0.5) is 0 Å². The minimum Gasteiger partial charge on any atom is -0.393 e. The monoisotopic (exact) mass is 312 g/mol. The second-order valence-corrected chi connectivity index (χ2v) is 6.90. The van der Waals surface area contributed by atoms with Crippen LogP contribution < -0.4 is 0 Å². The van der Waals surface area contributed by atoms with Crippen LogP contribution in [0, 0.1) is 17.2 Å². The van der Waals surface area contributed by atoms with Crippen molar-refractivity contribution in [3.05, 3.63) is 35.9 Å². The van der Waals surface area contributed by atoms with Gasteiger partial charge in [0.15, 0.2) is 0 Å². The average molecular weight is 312 g/mol. The first kappa shape index (κ1) is 16.0. The number of amides is 1. The number of nitrogens with zero attached hydrogens (tertiary/aromatic N) is 2. The summed E-state index contributed by atoms with van der Waals surface area (Å²) >= 11 is 0. The molecule has 1 aliphatic heterocycles. The van der Waals surface area contributed by atoms with Crippen LogP contribution in [0.15, 0.2) is 30.3 Å². The van der Waals surface area contributed by atoms with Crippen LogP contribution in [0.5, 0.6) is 0 Å². The number of carbonyl (C=O) groups is 1. The van der Waals surface area contributed by atoms with Crippen LogP contribution in [0.25, 0.3) is 0 Å². The molecule has 1 amide bonds. The maximum absolute atomic E-state index is 12.7. The van der Waals surface area contributed by atoms with Gasteiger partial charge in [-0.3, -0.25) is 4.79 Å². The maximum atomic E-state index is 12.7. The standard InChI is InChI=1S/C19H24N2O2/c20-14-19(16-6-2-1-3-7-16)9-11-21(12-10-19)18(23)15-5-4-8-17(22)13-15/h1-3,6-7,15,17,22H,4-5,8-13H2/t15-,17+/m1/s1. The molecule has 0 bridgehead atoms. The zero-order valence-electron chi connectivity index (χ0n) is 13.4. The number of carbonyl (C=O) groups excluding carboxylic acids is 1. The Hall–Kier alpha value is -1.86. The zero-order chi connectivity index (χ0) is 16.3. The smallest absolute Gasteiger partial charge is 0.225 e. The van der Waals surface area contributed by atoms with E-state index in [9.17, 15) is 15.2 Å². The molecular weight excluding hydrogens is 288 g/mol. The van der Waals surface area contributed by atoms with Gasteiger partial charge in [-0.2, -0.15) is 5.26 Å². The van der Waals surface area contributed by atoms with Crippen molar-refractivity contribution in [2.45, 2.75) is 50.0 Å². The summed E-state index contributed by atoms with van der Waals surface area (Å²) in [5, 5.41) is 19.5. The summed E-state index contributed by atoms with van der Waals surface area (Å²) in [6.45, 7) is 1.27. The second kappa shape index (κ2) is 6.72. The molecule has 1 saturated heterocycles. The van der Waals surface area contributed by atoms with Crippen molar-refractivity contribution < 1.29 is 9.90 Å². The molecule has 1 saturated carbocycles. The Labute approximate surface area is 137 Å². The number of piperidine rings is 1. The van der Waals surface area contributed by atoms with Crippen LogP contribution in [0.3, 0.4) is 0 Å². The van der Waals surface area contributed by atoms with E-state index in [1.165, 1.54) is 0 Å². The molecule has 1 aromatic carbocycles. The van der Waals surface area contributed by atoms with Crippen LogP contribution in [0.2, 0.25) is 0 Å². The quantitative estimate of drug-likeness (QED) is 0.913. The third-order valence-electron chi connectivity index (χ3n) is 5.46. The highest BCUT2D eigenvalue weighted by molar-refractivity contribution is 5.79. The van der Waals surface area contributed by atoms with Gasteiger partial charge in [-0.15, -0.1) is 0 Å². The van der Waals surface area contributed by atoms with E-state index in [2.05, 4.69) is 6.07 Å². The van der Waals surface area contributed by atoms with E-state index in [1.54, 1.807) is 0 Å². The topological polar surface area (TPSA) is 64.3 Å².